The largest absolute Gasteiger partial charge is 0.384 e. The highest BCUT2D eigenvalue weighted by atomic mass is 32.2. The maximum atomic E-state index is 11.3. The number of nitrogens with zero attached hydrogens (tertiary/aromatic N) is 3. The van der Waals surface area contributed by atoms with Gasteiger partial charge in [0.1, 0.15) is 5.75 Å². The van der Waals surface area contributed by atoms with E-state index in [-0.39, 0.29) is 0 Å². The fourth-order valence-electron chi connectivity index (χ4n) is 2.97. The normalized spacial score (nSPS) is 11.0. The highest BCUT2D eigenvalue weighted by Crippen LogP contribution is 2.24. The minimum atomic E-state index is -4.19. The molecule has 0 bridgehead atoms. The van der Waals surface area contributed by atoms with E-state index in [9.17, 15) is 13.0 Å². The van der Waals surface area contributed by atoms with Crippen LogP contribution in [0, 0.1) is 11.3 Å². The van der Waals surface area contributed by atoms with Crippen molar-refractivity contribution in [3.63, 3.8) is 0 Å². The molecule has 0 saturated heterocycles. The average molecular weight is 439 g/mol. The predicted octanol–water partition coefficient (Wildman–Crippen LogP) is 2.71. The molecular formula is C21H22N6O3S. The van der Waals surface area contributed by atoms with Gasteiger partial charge in [0, 0.05) is 36.2 Å². The van der Waals surface area contributed by atoms with Crippen LogP contribution in [0.4, 0.5) is 17.3 Å². The Hall–Kier alpha value is -3.52. The van der Waals surface area contributed by atoms with Crippen molar-refractivity contribution in [1.29, 1.82) is 5.26 Å². The Morgan fingerprint density at radius 2 is 1.81 bits per heavy atom. The molecule has 0 spiro atoms. The molecule has 10 heteroatoms. The van der Waals surface area contributed by atoms with E-state index < -0.39 is 15.9 Å². The highest BCUT2D eigenvalue weighted by Gasteiger charge is 2.10. The smallest absolute Gasteiger partial charge is 0.269 e. The van der Waals surface area contributed by atoms with Gasteiger partial charge < -0.3 is 16.4 Å². The zero-order chi connectivity index (χ0) is 22.3. The van der Waals surface area contributed by atoms with E-state index in [1.165, 1.54) is 0 Å². The second-order valence-corrected chi connectivity index (χ2v) is 8.24. The Labute approximate surface area is 180 Å². The molecule has 5 N–H and O–H groups in total. The molecule has 2 aromatic carbocycles. The third kappa shape index (κ3) is 6.75. The number of hydrogen-bond acceptors (Lipinski definition) is 8. The van der Waals surface area contributed by atoms with E-state index in [1.54, 1.807) is 30.5 Å². The van der Waals surface area contributed by atoms with E-state index in [1.807, 2.05) is 24.3 Å². The van der Waals surface area contributed by atoms with Gasteiger partial charge in [-0.2, -0.15) is 13.7 Å². The summed E-state index contributed by atoms with van der Waals surface area (Å²) >= 11 is 0. The van der Waals surface area contributed by atoms with Gasteiger partial charge in [0.25, 0.3) is 10.1 Å². The van der Waals surface area contributed by atoms with Gasteiger partial charge in [0.2, 0.25) is 5.95 Å². The standard InChI is InChI=1S/C21H22N6O3S/c22-7-5-15-1-3-17(4-2-15)20-6-9-25-21(27-20)26-19-12-16(14-31(28,29)30)11-18(13-19)24-10-8-23/h1-4,6,9,11-13,24H,5,8,10,14,23H2,(H,25,26,27)(H,28,29,30). The van der Waals surface area contributed by atoms with Gasteiger partial charge in [0.15, 0.2) is 0 Å². The Bertz CT molecular complexity index is 1190. The van der Waals surface area contributed by atoms with Gasteiger partial charge in [-0.3, -0.25) is 4.55 Å². The van der Waals surface area contributed by atoms with Crippen LogP contribution in [0.2, 0.25) is 0 Å². The second-order valence-electron chi connectivity index (χ2n) is 6.78. The number of hydrogen-bond donors (Lipinski definition) is 4. The van der Waals surface area contributed by atoms with Crippen molar-refractivity contribution in [2.24, 2.45) is 5.73 Å². The van der Waals surface area contributed by atoms with E-state index in [4.69, 9.17) is 11.0 Å². The number of anilines is 3. The fourth-order valence-corrected chi connectivity index (χ4v) is 3.56. The molecule has 0 aliphatic heterocycles. The molecule has 0 amide bonds. The molecule has 3 rings (SSSR count). The fraction of sp³-hybridized carbons (Fsp3) is 0.190. The van der Waals surface area contributed by atoms with Crippen LogP contribution < -0.4 is 16.4 Å². The monoisotopic (exact) mass is 438 g/mol. The number of nitrogens with one attached hydrogen (secondary N) is 2. The Morgan fingerprint density at radius 3 is 2.48 bits per heavy atom. The lowest BCUT2D eigenvalue weighted by Gasteiger charge is -2.12. The molecule has 0 atom stereocenters. The Balaban J connectivity index is 1.86. The van der Waals surface area contributed by atoms with Crippen LogP contribution in [-0.4, -0.2) is 36.0 Å². The Kier molecular flexibility index (Phi) is 7.15. The topological polar surface area (TPSA) is 154 Å². The zero-order valence-electron chi connectivity index (χ0n) is 16.6. The molecule has 0 aliphatic rings. The Morgan fingerprint density at radius 1 is 1.06 bits per heavy atom. The number of nitrogens with two attached hydrogens (primary N) is 1. The van der Waals surface area contributed by atoms with Gasteiger partial charge in [-0.25, -0.2) is 9.97 Å². The van der Waals surface area contributed by atoms with Crippen LogP contribution in [0.15, 0.2) is 54.7 Å². The van der Waals surface area contributed by atoms with Crippen molar-refractivity contribution >= 4 is 27.4 Å². The first-order valence-corrected chi connectivity index (χ1v) is 11.1. The first-order valence-electron chi connectivity index (χ1n) is 9.46. The van der Waals surface area contributed by atoms with Crippen LogP contribution in [-0.2, 0) is 22.3 Å². The quantitative estimate of drug-likeness (QED) is 0.369. The highest BCUT2D eigenvalue weighted by molar-refractivity contribution is 7.85. The number of aromatic nitrogens is 2. The summed E-state index contributed by atoms with van der Waals surface area (Å²) in [6.07, 6.45) is 1.96. The molecule has 9 nitrogen and oxygen atoms in total. The molecular weight excluding hydrogens is 416 g/mol. The maximum absolute atomic E-state index is 11.3. The molecule has 0 unspecified atom stereocenters. The lowest BCUT2D eigenvalue weighted by Crippen LogP contribution is -2.13. The minimum Gasteiger partial charge on any atom is -0.384 e. The van der Waals surface area contributed by atoms with Crippen molar-refractivity contribution in [1.82, 2.24) is 9.97 Å². The van der Waals surface area contributed by atoms with Gasteiger partial charge in [0.05, 0.1) is 18.2 Å². The van der Waals surface area contributed by atoms with Crippen LogP contribution in [0.3, 0.4) is 0 Å². The van der Waals surface area contributed by atoms with Gasteiger partial charge in [-0.05, 0) is 35.4 Å². The summed E-state index contributed by atoms with van der Waals surface area (Å²) < 4.78 is 31.8. The lowest BCUT2D eigenvalue weighted by molar-refractivity contribution is 0.482. The molecule has 1 aromatic heterocycles. The van der Waals surface area contributed by atoms with Gasteiger partial charge >= 0.3 is 0 Å². The maximum Gasteiger partial charge on any atom is 0.269 e. The minimum absolute atomic E-state index is 0.326. The third-order valence-corrected chi connectivity index (χ3v) is 4.96. The molecule has 1 heterocycles. The van der Waals surface area contributed by atoms with Crippen LogP contribution in [0.5, 0.6) is 0 Å². The van der Waals surface area contributed by atoms with Crippen LogP contribution in [0.25, 0.3) is 11.3 Å². The SMILES string of the molecule is N#CCc1ccc(-c2ccnc(Nc3cc(CS(=O)(=O)O)cc(NCCN)c3)n2)cc1. The van der Waals surface area contributed by atoms with Crippen molar-refractivity contribution in [3.05, 3.63) is 65.9 Å². The van der Waals surface area contributed by atoms with Crippen molar-refractivity contribution < 1.29 is 13.0 Å². The van der Waals surface area contributed by atoms with E-state index >= 15 is 0 Å². The van der Waals surface area contributed by atoms with Crippen molar-refractivity contribution in [2.75, 3.05) is 23.7 Å². The summed E-state index contributed by atoms with van der Waals surface area (Å²) in [6.45, 7) is 0.909. The molecule has 0 aliphatic carbocycles. The molecule has 3 aromatic rings. The van der Waals surface area contributed by atoms with E-state index in [0.29, 0.717) is 48.1 Å². The molecule has 31 heavy (non-hydrogen) atoms. The zero-order valence-corrected chi connectivity index (χ0v) is 17.4. The first-order chi connectivity index (χ1) is 14.9. The molecule has 0 radical (unpaired) electrons. The first kappa shape index (κ1) is 22.2. The summed E-state index contributed by atoms with van der Waals surface area (Å²) in [5, 5.41) is 15.0. The van der Waals surface area contributed by atoms with Gasteiger partial charge in [-0.15, -0.1) is 0 Å². The van der Waals surface area contributed by atoms with Crippen LogP contribution in [0.1, 0.15) is 11.1 Å². The second kappa shape index (κ2) is 9.99. The lowest BCUT2D eigenvalue weighted by atomic mass is 10.1. The molecule has 160 valence electrons. The summed E-state index contributed by atoms with van der Waals surface area (Å²) in [7, 11) is -4.19. The number of nitriles is 1. The third-order valence-electron chi connectivity index (χ3n) is 4.26. The summed E-state index contributed by atoms with van der Waals surface area (Å²) in [6, 6.07) is 16.4. The summed E-state index contributed by atoms with van der Waals surface area (Å²) in [5.41, 5.74) is 9.62. The van der Waals surface area contributed by atoms with E-state index in [2.05, 4.69) is 26.7 Å². The molecule has 0 saturated carbocycles. The number of rotatable bonds is 9. The average Bonchev–Trinajstić information content (AvgIpc) is 2.72. The predicted molar refractivity (Wildman–Crippen MR) is 119 cm³/mol. The van der Waals surface area contributed by atoms with Crippen LogP contribution >= 0.6 is 0 Å². The summed E-state index contributed by atoms with van der Waals surface area (Å²) in [5.74, 6) is -0.192. The van der Waals surface area contributed by atoms with E-state index in [0.717, 1.165) is 11.1 Å². The van der Waals surface area contributed by atoms with Gasteiger partial charge in [-0.1, -0.05) is 24.3 Å². The molecule has 0 fully saturated rings. The van der Waals surface area contributed by atoms with Crippen molar-refractivity contribution in [2.45, 2.75) is 12.2 Å². The number of benzene rings is 2. The van der Waals surface area contributed by atoms with Crippen molar-refractivity contribution in [3.8, 4) is 17.3 Å². The summed E-state index contributed by atoms with van der Waals surface area (Å²) in [4.78, 5) is 8.74.